The zero-order valence-corrected chi connectivity index (χ0v) is 9.23. The maximum Gasteiger partial charge on any atom is 0.311 e. The fourth-order valence-electron chi connectivity index (χ4n) is 1.72. The number of benzene rings is 1. The number of carboxylic acid groups (broad SMARTS) is 2. The van der Waals surface area contributed by atoms with E-state index in [-0.39, 0.29) is 6.42 Å². The van der Waals surface area contributed by atoms with Crippen molar-refractivity contribution in [2.24, 2.45) is 0 Å². The Labute approximate surface area is 93.5 Å². The van der Waals surface area contributed by atoms with Gasteiger partial charge in [-0.05, 0) is 25.0 Å². The van der Waals surface area contributed by atoms with E-state index < -0.39 is 17.9 Å². The molecular weight excluding hydrogens is 208 g/mol. The first-order valence-corrected chi connectivity index (χ1v) is 4.93. The van der Waals surface area contributed by atoms with Gasteiger partial charge in [-0.1, -0.05) is 23.8 Å². The molecule has 0 saturated carbocycles. The lowest BCUT2D eigenvalue weighted by atomic mass is 9.91. The van der Waals surface area contributed by atoms with Gasteiger partial charge in [0.1, 0.15) is 0 Å². The first-order valence-electron chi connectivity index (χ1n) is 4.93. The molecule has 0 fully saturated rings. The van der Waals surface area contributed by atoms with Crippen LogP contribution in [0.5, 0.6) is 0 Å². The molecule has 4 heteroatoms. The van der Waals surface area contributed by atoms with Gasteiger partial charge in [0, 0.05) is 0 Å². The molecule has 0 amide bonds. The Bertz CT molecular complexity index is 423. The van der Waals surface area contributed by atoms with Crippen LogP contribution in [0.1, 0.15) is 29.0 Å². The lowest BCUT2D eigenvalue weighted by Crippen LogP contribution is -2.16. The normalized spacial score (nSPS) is 12.1. The molecule has 1 atom stereocenters. The maximum atomic E-state index is 11.0. The number of carboxylic acids is 2. The van der Waals surface area contributed by atoms with Crippen LogP contribution >= 0.6 is 0 Å². The summed E-state index contributed by atoms with van der Waals surface area (Å²) >= 11 is 0. The Morgan fingerprint density at radius 3 is 2.31 bits per heavy atom. The molecule has 1 rings (SSSR count). The highest BCUT2D eigenvalue weighted by atomic mass is 16.4. The first kappa shape index (κ1) is 12.2. The van der Waals surface area contributed by atoms with E-state index in [2.05, 4.69) is 0 Å². The molecule has 0 heterocycles. The fraction of sp³-hybridized carbons (Fsp3) is 0.333. The van der Waals surface area contributed by atoms with Gasteiger partial charge in [-0.2, -0.15) is 0 Å². The van der Waals surface area contributed by atoms with Crippen LogP contribution < -0.4 is 0 Å². The number of carbonyl (C=O) groups is 2. The smallest absolute Gasteiger partial charge is 0.311 e. The van der Waals surface area contributed by atoms with Gasteiger partial charge in [-0.15, -0.1) is 0 Å². The standard InChI is InChI=1S/C12H14O4/c1-7-3-4-9(8(2)5-7)10(12(15)16)6-11(13)14/h3-5,10H,6H2,1-2H3,(H,13,14)(H,15,16). The van der Waals surface area contributed by atoms with E-state index in [0.29, 0.717) is 5.56 Å². The third-order valence-electron chi connectivity index (χ3n) is 2.48. The van der Waals surface area contributed by atoms with Crippen molar-refractivity contribution >= 4 is 11.9 Å². The average Bonchev–Trinajstić information content (AvgIpc) is 2.14. The maximum absolute atomic E-state index is 11.0. The van der Waals surface area contributed by atoms with Crippen LogP contribution in [0.2, 0.25) is 0 Å². The Morgan fingerprint density at radius 1 is 1.25 bits per heavy atom. The summed E-state index contributed by atoms with van der Waals surface area (Å²) in [6.45, 7) is 3.70. The molecule has 1 aromatic rings. The molecule has 16 heavy (non-hydrogen) atoms. The third kappa shape index (κ3) is 2.82. The lowest BCUT2D eigenvalue weighted by molar-refractivity contribution is -0.145. The largest absolute Gasteiger partial charge is 0.481 e. The van der Waals surface area contributed by atoms with Crippen molar-refractivity contribution in [3.8, 4) is 0 Å². The first-order chi connectivity index (χ1) is 7.41. The second kappa shape index (κ2) is 4.79. The minimum absolute atomic E-state index is 0.390. The third-order valence-corrected chi connectivity index (χ3v) is 2.48. The summed E-state index contributed by atoms with van der Waals surface area (Å²) in [4.78, 5) is 21.6. The highest BCUT2D eigenvalue weighted by Gasteiger charge is 2.24. The van der Waals surface area contributed by atoms with Crippen molar-refractivity contribution in [1.29, 1.82) is 0 Å². The molecule has 1 unspecified atom stereocenters. The summed E-state index contributed by atoms with van der Waals surface area (Å²) in [5.41, 5.74) is 2.41. The average molecular weight is 222 g/mol. The van der Waals surface area contributed by atoms with Crippen LogP contribution in [-0.2, 0) is 9.59 Å². The van der Waals surface area contributed by atoms with Gasteiger partial charge in [-0.3, -0.25) is 9.59 Å². The molecule has 2 N–H and O–H groups in total. The number of rotatable bonds is 4. The van der Waals surface area contributed by atoms with Gasteiger partial charge in [0.05, 0.1) is 12.3 Å². The predicted octanol–water partition coefficient (Wildman–Crippen LogP) is 1.95. The Balaban J connectivity index is 3.10. The Hall–Kier alpha value is -1.84. The van der Waals surface area contributed by atoms with Gasteiger partial charge in [-0.25, -0.2) is 0 Å². The predicted molar refractivity (Wildman–Crippen MR) is 58.5 cm³/mol. The second-order valence-electron chi connectivity index (χ2n) is 3.85. The summed E-state index contributed by atoms with van der Waals surface area (Å²) in [6, 6.07) is 5.33. The van der Waals surface area contributed by atoms with Crippen molar-refractivity contribution < 1.29 is 19.8 Å². The molecule has 86 valence electrons. The van der Waals surface area contributed by atoms with Crippen LogP contribution in [0, 0.1) is 13.8 Å². The van der Waals surface area contributed by atoms with E-state index in [1.54, 1.807) is 19.1 Å². The van der Waals surface area contributed by atoms with Crippen LogP contribution in [0.15, 0.2) is 18.2 Å². The number of aliphatic carboxylic acids is 2. The van der Waals surface area contributed by atoms with E-state index in [4.69, 9.17) is 10.2 Å². The van der Waals surface area contributed by atoms with E-state index >= 15 is 0 Å². The van der Waals surface area contributed by atoms with Crippen LogP contribution in [0.25, 0.3) is 0 Å². The van der Waals surface area contributed by atoms with Crippen molar-refractivity contribution in [1.82, 2.24) is 0 Å². The second-order valence-corrected chi connectivity index (χ2v) is 3.85. The van der Waals surface area contributed by atoms with E-state index in [9.17, 15) is 9.59 Å². The van der Waals surface area contributed by atoms with Gasteiger partial charge in [0.25, 0.3) is 0 Å². The molecular formula is C12H14O4. The number of aryl methyl sites for hydroxylation is 2. The van der Waals surface area contributed by atoms with Crippen LogP contribution in [-0.4, -0.2) is 22.2 Å². The van der Waals surface area contributed by atoms with Crippen molar-refractivity contribution in [3.63, 3.8) is 0 Å². The van der Waals surface area contributed by atoms with Crippen LogP contribution in [0.3, 0.4) is 0 Å². The lowest BCUT2D eigenvalue weighted by Gasteiger charge is -2.13. The molecule has 0 aliphatic heterocycles. The van der Waals surface area contributed by atoms with E-state index in [1.807, 2.05) is 13.0 Å². The molecule has 4 nitrogen and oxygen atoms in total. The summed E-state index contributed by atoms with van der Waals surface area (Å²) in [5, 5.41) is 17.7. The van der Waals surface area contributed by atoms with Crippen LogP contribution in [0.4, 0.5) is 0 Å². The molecule has 0 aliphatic rings. The topological polar surface area (TPSA) is 74.6 Å². The molecule has 0 saturated heterocycles. The fourth-order valence-corrected chi connectivity index (χ4v) is 1.72. The van der Waals surface area contributed by atoms with E-state index in [0.717, 1.165) is 11.1 Å². The van der Waals surface area contributed by atoms with Gasteiger partial charge in [0.2, 0.25) is 0 Å². The number of hydrogen-bond acceptors (Lipinski definition) is 2. The van der Waals surface area contributed by atoms with Crippen molar-refractivity contribution in [3.05, 3.63) is 34.9 Å². The van der Waals surface area contributed by atoms with Crippen molar-refractivity contribution in [2.45, 2.75) is 26.2 Å². The summed E-state index contributed by atoms with van der Waals surface area (Å²) in [7, 11) is 0. The Morgan fingerprint density at radius 2 is 1.88 bits per heavy atom. The molecule has 1 aromatic carbocycles. The molecule has 0 radical (unpaired) electrons. The van der Waals surface area contributed by atoms with Gasteiger partial charge >= 0.3 is 11.9 Å². The van der Waals surface area contributed by atoms with Crippen molar-refractivity contribution in [2.75, 3.05) is 0 Å². The zero-order valence-electron chi connectivity index (χ0n) is 9.23. The number of hydrogen-bond donors (Lipinski definition) is 2. The summed E-state index contributed by atoms with van der Waals surface area (Å²) in [5.74, 6) is -3.18. The summed E-state index contributed by atoms with van der Waals surface area (Å²) < 4.78 is 0. The highest BCUT2D eigenvalue weighted by molar-refractivity contribution is 5.82. The quantitative estimate of drug-likeness (QED) is 0.816. The molecule has 0 aromatic heterocycles. The zero-order chi connectivity index (χ0) is 12.3. The van der Waals surface area contributed by atoms with E-state index in [1.165, 1.54) is 0 Å². The molecule has 0 aliphatic carbocycles. The molecule has 0 spiro atoms. The summed E-state index contributed by atoms with van der Waals surface area (Å²) in [6.07, 6.45) is -0.390. The monoisotopic (exact) mass is 222 g/mol. The Kier molecular flexibility index (Phi) is 3.66. The molecule has 0 bridgehead atoms. The highest BCUT2D eigenvalue weighted by Crippen LogP contribution is 2.24. The van der Waals surface area contributed by atoms with Gasteiger partial charge < -0.3 is 10.2 Å². The minimum Gasteiger partial charge on any atom is -0.481 e. The van der Waals surface area contributed by atoms with Gasteiger partial charge in [0.15, 0.2) is 0 Å². The minimum atomic E-state index is -1.10. The SMILES string of the molecule is Cc1ccc(C(CC(=O)O)C(=O)O)c(C)c1.